The van der Waals surface area contributed by atoms with Gasteiger partial charge in [-0.1, -0.05) is 98.9 Å². The van der Waals surface area contributed by atoms with E-state index >= 15 is 0 Å². The van der Waals surface area contributed by atoms with Crippen molar-refractivity contribution in [3.05, 3.63) is 24.3 Å². The summed E-state index contributed by atoms with van der Waals surface area (Å²) in [6, 6.07) is 8.71. The summed E-state index contributed by atoms with van der Waals surface area (Å²) in [4.78, 5) is 2.70. The van der Waals surface area contributed by atoms with Crippen molar-refractivity contribution in [3.8, 4) is 5.75 Å². The summed E-state index contributed by atoms with van der Waals surface area (Å²) in [6.07, 6.45) is 2.28. The second kappa shape index (κ2) is 9.44. The van der Waals surface area contributed by atoms with Gasteiger partial charge in [0.25, 0.3) is 0 Å². The minimum absolute atomic E-state index is 0.214. The molecule has 0 N–H and O–H groups in total. The Kier molecular flexibility index (Phi) is 8.70. The molecule has 0 fully saturated rings. The first-order valence-corrected chi connectivity index (χ1v) is 13.9. The number of ether oxygens (including phenoxy) is 1. The Bertz CT molecular complexity index is 565. The summed E-state index contributed by atoms with van der Waals surface area (Å²) in [5.74, 6) is 0.927. The van der Waals surface area contributed by atoms with Crippen molar-refractivity contribution in [2.45, 2.75) is 104 Å². The zero-order valence-corrected chi connectivity index (χ0v) is 23.3. The largest absolute Gasteiger partial charge is 0.497 e. The molecule has 0 aliphatic heterocycles. The van der Waals surface area contributed by atoms with Crippen LogP contribution in [0.15, 0.2) is 24.3 Å². The third-order valence-corrected chi connectivity index (χ3v) is 13.0. The van der Waals surface area contributed by atoms with Crippen LogP contribution >= 0.6 is 15.8 Å². The predicted octanol–water partition coefficient (Wildman–Crippen LogP) is 8.57. The molecule has 0 atom stereocenters. The van der Waals surface area contributed by atoms with Gasteiger partial charge in [-0.25, -0.2) is 0 Å². The highest BCUT2D eigenvalue weighted by Gasteiger charge is 2.39. The average Bonchev–Trinajstić information content (AvgIpc) is 2.50. The van der Waals surface area contributed by atoms with Crippen LogP contribution in [0.1, 0.15) is 83.1 Å². The van der Waals surface area contributed by atoms with Crippen LogP contribution in [0.5, 0.6) is 5.75 Å². The van der Waals surface area contributed by atoms with Crippen LogP contribution in [0, 0.1) is 0 Å². The van der Waals surface area contributed by atoms with Crippen LogP contribution in [0.3, 0.4) is 0 Å². The Balaban J connectivity index is 3.41. The van der Waals surface area contributed by atoms with Gasteiger partial charge in [-0.05, 0) is 44.9 Å². The number of hydrogen-bond donors (Lipinski definition) is 0. The third kappa shape index (κ3) is 8.03. The second-order valence-electron chi connectivity index (χ2n) is 12.1. The van der Waals surface area contributed by atoms with Gasteiger partial charge in [-0.3, -0.25) is 0 Å². The molecule has 0 amide bonds. The number of rotatable bonds is 6. The Labute approximate surface area is 184 Å². The Morgan fingerprint density at radius 2 is 0.931 bits per heavy atom. The molecule has 0 heterocycles. The van der Waals surface area contributed by atoms with E-state index in [0.717, 1.165) is 18.3 Å². The van der Waals surface area contributed by atoms with E-state index < -0.39 is 0 Å². The minimum Gasteiger partial charge on any atom is -0.497 e. The highest BCUT2D eigenvalue weighted by Crippen LogP contribution is 2.63. The Morgan fingerprint density at radius 3 is 1.17 bits per heavy atom. The third-order valence-electron chi connectivity index (χ3n) is 5.30. The summed E-state index contributed by atoms with van der Waals surface area (Å²) in [7, 11) is 1.31. The molecule has 1 aromatic rings. The maximum Gasteiger partial charge on any atom is 0.119 e. The fourth-order valence-electron chi connectivity index (χ4n) is 4.20. The molecular weight excluding hydrogens is 392 g/mol. The van der Waals surface area contributed by atoms with Crippen LogP contribution < -0.4 is 9.64 Å². The van der Waals surface area contributed by atoms with E-state index in [1.165, 1.54) is 5.69 Å². The molecule has 0 aliphatic rings. The van der Waals surface area contributed by atoms with E-state index in [4.69, 9.17) is 4.74 Å². The fourth-order valence-corrected chi connectivity index (χ4v) is 11.3. The molecule has 0 saturated heterocycles. The molecule has 0 saturated carbocycles. The number of anilines is 1. The van der Waals surface area contributed by atoms with Crippen molar-refractivity contribution >= 4 is 21.5 Å². The lowest BCUT2D eigenvalue weighted by Crippen LogP contribution is -2.38. The van der Waals surface area contributed by atoms with Crippen molar-refractivity contribution in [2.75, 3.05) is 24.6 Å². The summed E-state index contributed by atoms with van der Waals surface area (Å²) in [5, 5.41) is 1.24. The summed E-state index contributed by atoms with van der Waals surface area (Å²) >= 11 is 0. The van der Waals surface area contributed by atoms with Crippen LogP contribution in [-0.4, -0.2) is 40.3 Å². The van der Waals surface area contributed by atoms with Crippen molar-refractivity contribution in [3.63, 3.8) is 0 Å². The SMILES string of the molecule is COc1ccc(N(CP(C(C)(C)C)C(C)(C)C)CP(C(C)(C)C)C(C)(C)C)cc1. The second-order valence-corrected chi connectivity index (χ2v) is 19.7. The van der Waals surface area contributed by atoms with E-state index in [9.17, 15) is 0 Å². The van der Waals surface area contributed by atoms with Gasteiger partial charge in [0.15, 0.2) is 0 Å². The lowest BCUT2D eigenvalue weighted by atomic mass is 10.2. The molecule has 0 radical (unpaired) electrons. The molecule has 0 spiro atoms. The van der Waals surface area contributed by atoms with E-state index in [0.29, 0.717) is 20.6 Å². The van der Waals surface area contributed by atoms with E-state index in [1.807, 2.05) is 0 Å². The van der Waals surface area contributed by atoms with E-state index in [1.54, 1.807) is 7.11 Å². The number of benzene rings is 1. The van der Waals surface area contributed by atoms with Gasteiger partial charge in [-0.15, -0.1) is 0 Å². The Hall–Kier alpha value is -0.320. The molecule has 0 aliphatic carbocycles. The molecule has 2 nitrogen and oxygen atoms in total. The fraction of sp³-hybridized carbons (Fsp3) is 0.760. The number of nitrogens with zero attached hydrogens (tertiary/aromatic N) is 1. The molecule has 0 aromatic heterocycles. The lowest BCUT2D eigenvalue weighted by Gasteiger charge is -2.48. The lowest BCUT2D eigenvalue weighted by molar-refractivity contribution is 0.415. The number of hydrogen-bond acceptors (Lipinski definition) is 2. The standard InChI is InChI=1S/C25H47NOP2/c1-22(2,3)28(23(4,5)6)18-26(20-14-16-21(27-13)17-15-20)19-29(24(7,8)9)25(10,11)12/h14-17H,18-19H2,1-13H3. The minimum atomic E-state index is -0.214. The van der Waals surface area contributed by atoms with E-state index in [2.05, 4.69) is 112 Å². The molecule has 0 unspecified atom stereocenters. The summed E-state index contributed by atoms with van der Waals surface area (Å²) in [6.45, 7) is 29.1. The van der Waals surface area contributed by atoms with Gasteiger partial charge in [0, 0.05) is 18.3 Å². The monoisotopic (exact) mass is 439 g/mol. The molecule has 29 heavy (non-hydrogen) atoms. The van der Waals surface area contributed by atoms with Crippen LogP contribution in [0.4, 0.5) is 5.69 Å². The highest BCUT2D eigenvalue weighted by molar-refractivity contribution is 7.62. The van der Waals surface area contributed by atoms with Gasteiger partial charge in [0.1, 0.15) is 5.75 Å². The van der Waals surface area contributed by atoms with Gasteiger partial charge in [0.05, 0.1) is 7.11 Å². The van der Waals surface area contributed by atoms with Crippen LogP contribution in [0.2, 0.25) is 0 Å². The quantitative estimate of drug-likeness (QED) is 0.412. The van der Waals surface area contributed by atoms with Crippen LogP contribution in [-0.2, 0) is 0 Å². The topological polar surface area (TPSA) is 12.5 Å². The van der Waals surface area contributed by atoms with Crippen molar-refractivity contribution < 1.29 is 4.74 Å². The Morgan fingerprint density at radius 1 is 0.621 bits per heavy atom. The number of methoxy groups -OCH3 is 1. The van der Waals surface area contributed by atoms with Crippen molar-refractivity contribution in [1.29, 1.82) is 0 Å². The molecule has 1 aromatic carbocycles. The van der Waals surface area contributed by atoms with Crippen LogP contribution in [0.25, 0.3) is 0 Å². The first-order chi connectivity index (χ1) is 12.9. The van der Waals surface area contributed by atoms with E-state index in [-0.39, 0.29) is 15.8 Å². The maximum absolute atomic E-state index is 5.42. The smallest absolute Gasteiger partial charge is 0.119 e. The maximum atomic E-state index is 5.42. The zero-order chi connectivity index (χ0) is 22.8. The first-order valence-electron chi connectivity index (χ1n) is 10.8. The predicted molar refractivity (Wildman–Crippen MR) is 138 cm³/mol. The molecule has 4 heteroatoms. The van der Waals surface area contributed by atoms with Crippen molar-refractivity contribution in [1.82, 2.24) is 0 Å². The van der Waals surface area contributed by atoms with Gasteiger partial charge >= 0.3 is 0 Å². The summed E-state index contributed by atoms with van der Waals surface area (Å²) in [5.41, 5.74) is 1.33. The average molecular weight is 440 g/mol. The molecule has 1 rings (SSSR count). The summed E-state index contributed by atoms with van der Waals surface area (Å²) < 4.78 is 5.42. The highest BCUT2D eigenvalue weighted by atomic mass is 31.1. The van der Waals surface area contributed by atoms with Gasteiger partial charge < -0.3 is 9.64 Å². The molecule has 168 valence electrons. The van der Waals surface area contributed by atoms with Gasteiger partial charge in [0.2, 0.25) is 0 Å². The normalized spacial score (nSPS) is 13.9. The van der Waals surface area contributed by atoms with Crippen molar-refractivity contribution in [2.24, 2.45) is 0 Å². The molecule has 0 bridgehead atoms. The molecular formula is C25H47NOP2. The first kappa shape index (κ1) is 26.7. The van der Waals surface area contributed by atoms with Gasteiger partial charge in [-0.2, -0.15) is 0 Å². The zero-order valence-electron chi connectivity index (χ0n) is 21.5.